The van der Waals surface area contributed by atoms with Gasteiger partial charge in [0.05, 0.1) is 31.1 Å². The van der Waals surface area contributed by atoms with Crippen molar-refractivity contribution >= 4 is 17.5 Å². The van der Waals surface area contributed by atoms with Gasteiger partial charge in [-0.05, 0) is 0 Å². The van der Waals surface area contributed by atoms with Gasteiger partial charge in [-0.25, -0.2) is 9.97 Å². The number of likely N-dealkylation sites (tertiary alicyclic amines) is 1. The molecule has 0 aromatic carbocycles. The topological polar surface area (TPSA) is 82.4 Å². The molecule has 1 aliphatic rings. The smallest absolute Gasteiger partial charge is 0.316 e. The summed E-state index contributed by atoms with van der Waals surface area (Å²) in [7, 11) is 3.24. The molecule has 0 spiro atoms. The van der Waals surface area contributed by atoms with E-state index >= 15 is 0 Å². The Hall–Kier alpha value is -2.35. The highest BCUT2D eigenvalue weighted by Crippen LogP contribution is 2.22. The van der Waals surface area contributed by atoms with Gasteiger partial charge in [0.25, 0.3) is 5.91 Å². The Morgan fingerprint density at radius 2 is 2.13 bits per heavy atom. The number of halogens is 1. The second-order valence-electron chi connectivity index (χ2n) is 5.19. The maximum atomic E-state index is 12.6. The summed E-state index contributed by atoms with van der Waals surface area (Å²) in [6.07, 6.45) is 5.16. The van der Waals surface area contributed by atoms with Crippen molar-refractivity contribution in [1.29, 1.82) is 0 Å². The molecule has 3 heterocycles. The molecule has 1 saturated heterocycles. The second kappa shape index (κ2) is 6.41. The average molecular weight is 338 g/mol. The van der Waals surface area contributed by atoms with Crippen LogP contribution in [0.15, 0.2) is 18.6 Å². The minimum Gasteiger partial charge on any atom is -0.479 e. The quantitative estimate of drug-likeness (QED) is 0.832. The van der Waals surface area contributed by atoms with E-state index in [4.69, 9.17) is 21.1 Å². The number of amides is 1. The summed E-state index contributed by atoms with van der Waals surface area (Å²) in [4.78, 5) is 22.3. The van der Waals surface area contributed by atoms with Crippen molar-refractivity contribution in [2.45, 2.75) is 12.5 Å². The molecule has 0 unspecified atom stereocenters. The Balaban J connectivity index is 1.64. The fraction of sp³-hybridized carbons (Fsp3) is 0.429. The van der Waals surface area contributed by atoms with Crippen molar-refractivity contribution in [3.05, 3.63) is 29.2 Å². The fourth-order valence-corrected chi connectivity index (χ4v) is 2.55. The molecule has 0 radical (unpaired) electrons. The average Bonchev–Trinajstić information content (AvgIpc) is 3.15. The van der Waals surface area contributed by atoms with Crippen LogP contribution in [-0.2, 0) is 7.05 Å². The normalized spacial score (nSPS) is 17.3. The predicted octanol–water partition coefficient (Wildman–Crippen LogP) is 1.17. The molecule has 1 aliphatic heterocycles. The number of hydrogen-bond donors (Lipinski definition) is 0. The highest BCUT2D eigenvalue weighted by Gasteiger charge is 2.31. The largest absolute Gasteiger partial charge is 0.479 e. The van der Waals surface area contributed by atoms with Crippen LogP contribution in [0.4, 0.5) is 0 Å². The third kappa shape index (κ3) is 3.37. The zero-order chi connectivity index (χ0) is 16.4. The Labute approximate surface area is 138 Å². The number of methoxy groups -OCH3 is 1. The number of carbonyl (C=O) groups is 1. The zero-order valence-electron chi connectivity index (χ0n) is 12.8. The Kier molecular flexibility index (Phi) is 4.33. The molecule has 1 atom stereocenters. The van der Waals surface area contributed by atoms with E-state index in [2.05, 4.69) is 15.1 Å². The van der Waals surface area contributed by atoms with Gasteiger partial charge in [-0.2, -0.15) is 0 Å². The number of aryl methyl sites for hydroxylation is 1. The van der Waals surface area contributed by atoms with Crippen molar-refractivity contribution in [3.63, 3.8) is 0 Å². The first-order valence-corrected chi connectivity index (χ1v) is 7.45. The Morgan fingerprint density at radius 3 is 2.83 bits per heavy atom. The fourth-order valence-electron chi connectivity index (χ4n) is 2.46. The van der Waals surface area contributed by atoms with Crippen LogP contribution >= 0.6 is 11.6 Å². The molecule has 23 heavy (non-hydrogen) atoms. The van der Waals surface area contributed by atoms with Crippen LogP contribution in [0.2, 0.25) is 5.02 Å². The molecule has 1 amide bonds. The van der Waals surface area contributed by atoms with Crippen LogP contribution in [0.3, 0.4) is 0 Å². The van der Waals surface area contributed by atoms with E-state index in [1.165, 1.54) is 19.5 Å². The van der Waals surface area contributed by atoms with E-state index in [1.54, 1.807) is 22.8 Å². The van der Waals surface area contributed by atoms with Crippen molar-refractivity contribution in [1.82, 2.24) is 24.6 Å². The minimum atomic E-state index is -0.150. The number of nitrogens with zero attached hydrogens (tertiary/aromatic N) is 5. The lowest BCUT2D eigenvalue weighted by Crippen LogP contribution is -2.31. The molecule has 0 N–H and O–H groups in total. The lowest BCUT2D eigenvalue weighted by Gasteiger charge is -2.16. The van der Waals surface area contributed by atoms with Crippen molar-refractivity contribution in [2.75, 3.05) is 20.2 Å². The lowest BCUT2D eigenvalue weighted by atomic mass is 10.3. The number of carbonyl (C=O) groups excluding carboxylic acids is 1. The first-order chi connectivity index (χ1) is 11.1. The van der Waals surface area contributed by atoms with Crippen LogP contribution in [0, 0.1) is 0 Å². The SMILES string of the molecule is COc1nn(C)cc1C(=O)N1CC[C@@H](Oc2ncc(Cl)cn2)C1. The van der Waals surface area contributed by atoms with Crippen molar-refractivity contribution in [3.8, 4) is 11.9 Å². The third-order valence-electron chi connectivity index (χ3n) is 3.52. The van der Waals surface area contributed by atoms with Gasteiger partial charge in [0, 0.05) is 26.2 Å². The zero-order valence-corrected chi connectivity index (χ0v) is 13.5. The monoisotopic (exact) mass is 337 g/mol. The highest BCUT2D eigenvalue weighted by atomic mass is 35.5. The number of aromatic nitrogens is 4. The molecule has 3 rings (SSSR count). The molecule has 2 aromatic heterocycles. The molecule has 2 aromatic rings. The number of rotatable bonds is 4. The second-order valence-corrected chi connectivity index (χ2v) is 5.63. The van der Waals surface area contributed by atoms with Gasteiger partial charge >= 0.3 is 6.01 Å². The summed E-state index contributed by atoms with van der Waals surface area (Å²) in [6.45, 7) is 1.05. The first-order valence-electron chi connectivity index (χ1n) is 7.08. The molecule has 122 valence electrons. The van der Waals surface area contributed by atoms with Crippen LogP contribution in [-0.4, -0.2) is 56.9 Å². The summed E-state index contributed by atoms with van der Waals surface area (Å²) < 4.78 is 12.4. The van der Waals surface area contributed by atoms with Gasteiger partial charge in [0.1, 0.15) is 11.7 Å². The number of ether oxygens (including phenoxy) is 2. The number of hydrogen-bond acceptors (Lipinski definition) is 6. The minimum absolute atomic E-state index is 0.127. The van der Waals surface area contributed by atoms with Crippen LogP contribution in [0.5, 0.6) is 11.9 Å². The van der Waals surface area contributed by atoms with E-state index in [9.17, 15) is 4.79 Å². The van der Waals surface area contributed by atoms with E-state index in [1.807, 2.05) is 0 Å². The molecular formula is C14H16ClN5O3. The predicted molar refractivity (Wildman–Crippen MR) is 81.7 cm³/mol. The molecule has 9 heteroatoms. The van der Waals surface area contributed by atoms with Gasteiger partial charge in [0.15, 0.2) is 0 Å². The van der Waals surface area contributed by atoms with Gasteiger partial charge in [-0.15, -0.1) is 5.10 Å². The Morgan fingerprint density at radius 1 is 1.39 bits per heavy atom. The van der Waals surface area contributed by atoms with Gasteiger partial charge in [-0.1, -0.05) is 11.6 Å². The van der Waals surface area contributed by atoms with E-state index in [0.717, 1.165) is 0 Å². The summed E-state index contributed by atoms with van der Waals surface area (Å²) in [5.74, 6) is 0.195. The molecule has 0 saturated carbocycles. The maximum absolute atomic E-state index is 12.6. The standard InChI is InChI=1S/C14H16ClN5O3/c1-19-8-11(12(18-19)22-2)13(21)20-4-3-10(7-20)23-14-16-5-9(15)6-17-14/h5-6,8,10H,3-4,7H2,1-2H3/t10-/m1/s1. The first kappa shape index (κ1) is 15.5. The lowest BCUT2D eigenvalue weighted by molar-refractivity contribution is 0.0766. The van der Waals surface area contributed by atoms with Crippen LogP contribution < -0.4 is 9.47 Å². The molecular weight excluding hydrogens is 322 g/mol. The Bertz CT molecular complexity index is 703. The van der Waals surface area contributed by atoms with Crippen molar-refractivity contribution in [2.24, 2.45) is 7.05 Å². The third-order valence-corrected chi connectivity index (χ3v) is 3.71. The molecule has 0 aliphatic carbocycles. The van der Waals surface area contributed by atoms with Gasteiger partial charge < -0.3 is 14.4 Å². The van der Waals surface area contributed by atoms with Crippen LogP contribution in [0.1, 0.15) is 16.8 Å². The van der Waals surface area contributed by atoms with Gasteiger partial charge in [0.2, 0.25) is 5.88 Å². The summed E-state index contributed by atoms with van der Waals surface area (Å²) >= 11 is 5.74. The van der Waals surface area contributed by atoms with E-state index < -0.39 is 0 Å². The highest BCUT2D eigenvalue weighted by molar-refractivity contribution is 6.30. The molecule has 1 fully saturated rings. The summed E-state index contributed by atoms with van der Waals surface area (Å²) in [6, 6.07) is 0.257. The molecule has 8 nitrogen and oxygen atoms in total. The van der Waals surface area contributed by atoms with E-state index in [-0.39, 0.29) is 18.0 Å². The molecule has 0 bridgehead atoms. The summed E-state index contributed by atoms with van der Waals surface area (Å²) in [5.41, 5.74) is 0.443. The summed E-state index contributed by atoms with van der Waals surface area (Å²) in [5, 5.41) is 4.55. The maximum Gasteiger partial charge on any atom is 0.316 e. The van der Waals surface area contributed by atoms with Crippen molar-refractivity contribution < 1.29 is 14.3 Å². The van der Waals surface area contributed by atoms with Gasteiger partial charge in [-0.3, -0.25) is 9.48 Å². The van der Waals surface area contributed by atoms with E-state index in [0.29, 0.717) is 36.0 Å². The van der Waals surface area contributed by atoms with Crippen LogP contribution in [0.25, 0.3) is 0 Å².